The number of aliphatic imine (C=N–C) groups is 1. The van der Waals surface area contributed by atoms with Crippen molar-refractivity contribution in [2.45, 2.75) is 19.4 Å². The Bertz CT molecular complexity index is 1370. The maximum Gasteiger partial charge on any atom is 0.246 e. The van der Waals surface area contributed by atoms with Gasteiger partial charge in [0.05, 0.1) is 32.3 Å². The topological polar surface area (TPSA) is 104 Å². The summed E-state index contributed by atoms with van der Waals surface area (Å²) >= 11 is 6.24. The molecule has 11 heteroatoms. The van der Waals surface area contributed by atoms with Crippen molar-refractivity contribution in [1.29, 1.82) is 0 Å². The summed E-state index contributed by atoms with van der Waals surface area (Å²) in [6, 6.07) is 12.1. The van der Waals surface area contributed by atoms with Gasteiger partial charge in [-0.15, -0.1) is 0 Å². The Morgan fingerprint density at radius 3 is 2.72 bits per heavy atom. The first-order chi connectivity index (χ1) is 18.6. The van der Waals surface area contributed by atoms with Crippen molar-refractivity contribution < 1.29 is 14.3 Å². The molecule has 1 aromatic heterocycles. The highest BCUT2D eigenvalue weighted by Crippen LogP contribution is 2.27. The zero-order chi connectivity index (χ0) is 28.1. The Kier molecular flexibility index (Phi) is 8.88. The Labute approximate surface area is 233 Å². The lowest BCUT2D eigenvalue weighted by atomic mass is 9.96. The summed E-state index contributed by atoms with van der Waals surface area (Å²) in [7, 11) is 7.13. The Morgan fingerprint density at radius 1 is 1.23 bits per heavy atom. The highest BCUT2D eigenvalue weighted by atomic mass is 35.5. The van der Waals surface area contributed by atoms with E-state index in [2.05, 4.69) is 20.8 Å². The minimum absolute atomic E-state index is 0.164. The van der Waals surface area contributed by atoms with Crippen LogP contribution in [0.25, 0.3) is 11.1 Å². The molecule has 2 heterocycles. The Balaban J connectivity index is 1.56. The molecular weight excluding hydrogens is 518 g/mol. The van der Waals surface area contributed by atoms with Crippen LogP contribution in [0.5, 0.6) is 5.75 Å². The molecule has 0 spiro atoms. The van der Waals surface area contributed by atoms with Crippen LogP contribution in [0.3, 0.4) is 0 Å². The number of halogens is 1. The summed E-state index contributed by atoms with van der Waals surface area (Å²) in [5.41, 5.74) is 6.48. The third kappa shape index (κ3) is 6.96. The summed E-state index contributed by atoms with van der Waals surface area (Å²) in [5, 5.41) is 9.51. The molecule has 3 aromatic rings. The number of hydrogen-bond donors (Lipinski definition) is 2. The van der Waals surface area contributed by atoms with E-state index in [0.29, 0.717) is 28.7 Å². The van der Waals surface area contributed by atoms with E-state index >= 15 is 0 Å². The van der Waals surface area contributed by atoms with Crippen molar-refractivity contribution in [2.24, 2.45) is 18.0 Å². The van der Waals surface area contributed by atoms with Crippen LogP contribution in [0.1, 0.15) is 12.5 Å². The number of hydrogen-bond acceptors (Lipinski definition) is 7. The number of ether oxygens (including phenoxy) is 1. The van der Waals surface area contributed by atoms with Gasteiger partial charge in [0.1, 0.15) is 17.6 Å². The average Bonchev–Trinajstić information content (AvgIpc) is 3.28. The van der Waals surface area contributed by atoms with Crippen molar-refractivity contribution in [3.05, 3.63) is 65.4 Å². The number of benzene rings is 2. The number of methoxy groups -OCH3 is 1. The molecule has 2 atom stereocenters. The third-order valence-corrected chi connectivity index (χ3v) is 6.77. The van der Waals surface area contributed by atoms with Gasteiger partial charge in [0, 0.05) is 43.6 Å². The molecule has 0 saturated heterocycles. The number of nitrogens with zero attached hydrogens (tertiary/aromatic N) is 5. The van der Waals surface area contributed by atoms with Gasteiger partial charge in [0.2, 0.25) is 11.8 Å². The molecule has 10 nitrogen and oxygen atoms in total. The molecule has 0 saturated carbocycles. The quantitative estimate of drug-likeness (QED) is 0.417. The molecule has 0 unspecified atom stereocenters. The molecule has 0 aliphatic carbocycles. The number of nitrogens with one attached hydrogen (secondary N) is 2. The molecule has 2 aromatic carbocycles. The van der Waals surface area contributed by atoms with Crippen LogP contribution in [0.15, 0.2) is 59.9 Å². The van der Waals surface area contributed by atoms with Crippen LogP contribution in [0.4, 0.5) is 5.69 Å². The number of rotatable bonds is 8. The van der Waals surface area contributed by atoms with E-state index in [4.69, 9.17) is 16.3 Å². The number of aromatic nitrogens is 2. The predicted octanol–water partition coefficient (Wildman–Crippen LogP) is 3.24. The molecule has 2 N–H and O–H groups in total. The molecule has 39 heavy (non-hydrogen) atoms. The van der Waals surface area contributed by atoms with Gasteiger partial charge in [0.15, 0.2) is 0 Å². The Hall–Kier alpha value is -3.89. The van der Waals surface area contributed by atoms with Crippen LogP contribution in [-0.2, 0) is 23.1 Å². The number of anilines is 1. The fourth-order valence-electron chi connectivity index (χ4n) is 4.54. The molecule has 0 fully saturated rings. The van der Waals surface area contributed by atoms with Gasteiger partial charge in [-0.05, 0) is 54.8 Å². The van der Waals surface area contributed by atoms with Gasteiger partial charge in [-0.1, -0.05) is 23.7 Å². The highest BCUT2D eigenvalue weighted by molar-refractivity contribution is 6.30. The molecule has 2 amide bonds. The third-order valence-electron chi connectivity index (χ3n) is 6.53. The van der Waals surface area contributed by atoms with Crippen LogP contribution in [0, 0.1) is 5.92 Å². The monoisotopic (exact) mass is 551 g/mol. The predicted molar refractivity (Wildman–Crippen MR) is 153 cm³/mol. The molecule has 1 aliphatic heterocycles. The standard InChI is InChI=1S/C28H34ClN7O3/c1-18(27(37)32-24-8-6-7-19(13-24)22-15-31-35(4)16-22)36-17-26(33-34(2)3)30-14-21(28(36)38)11-20-12-23(29)9-10-25(20)39-5/h6-10,12-13,15-16,18,21H,11,14,17H2,1-5H3,(H,30,33)(H,32,37)/t18-,21-/m1/s1. The van der Waals surface area contributed by atoms with Crippen molar-refractivity contribution in [1.82, 2.24) is 25.1 Å². The van der Waals surface area contributed by atoms with Gasteiger partial charge < -0.3 is 20.4 Å². The molecule has 4 rings (SSSR count). The largest absolute Gasteiger partial charge is 0.496 e. The second-order valence-corrected chi connectivity index (χ2v) is 10.2. The SMILES string of the molecule is COc1ccc(Cl)cc1C[C@@H]1CN=C(NN(C)C)CN([C@H](C)C(=O)Nc2cccc(-c3cnn(C)c3)c2)C1=O. The Morgan fingerprint density at radius 2 is 2.03 bits per heavy atom. The zero-order valence-electron chi connectivity index (χ0n) is 22.8. The van der Waals surface area contributed by atoms with Gasteiger partial charge in [-0.2, -0.15) is 5.10 Å². The van der Waals surface area contributed by atoms with E-state index in [0.717, 1.165) is 16.7 Å². The smallest absolute Gasteiger partial charge is 0.246 e. The average molecular weight is 552 g/mol. The van der Waals surface area contributed by atoms with Crippen LogP contribution in [-0.4, -0.2) is 77.7 Å². The summed E-state index contributed by atoms with van der Waals surface area (Å²) in [6.45, 7) is 2.17. The summed E-state index contributed by atoms with van der Waals surface area (Å²) in [5.74, 6) is 0.299. The first kappa shape index (κ1) is 28.1. The lowest BCUT2D eigenvalue weighted by Gasteiger charge is -2.30. The number of amides is 2. The second-order valence-electron chi connectivity index (χ2n) is 9.77. The van der Waals surface area contributed by atoms with Gasteiger partial charge in [0.25, 0.3) is 0 Å². The fourth-order valence-corrected chi connectivity index (χ4v) is 4.73. The first-order valence-corrected chi connectivity index (χ1v) is 13.0. The molecular formula is C28H34ClN7O3. The second kappa shape index (κ2) is 12.3. The molecule has 0 radical (unpaired) electrons. The number of aryl methyl sites for hydroxylation is 1. The van der Waals surface area contributed by atoms with Gasteiger partial charge in [-0.3, -0.25) is 19.3 Å². The zero-order valence-corrected chi connectivity index (χ0v) is 23.6. The van der Waals surface area contributed by atoms with Crippen molar-refractivity contribution in [2.75, 3.05) is 39.6 Å². The lowest BCUT2D eigenvalue weighted by molar-refractivity contribution is -0.140. The van der Waals surface area contributed by atoms with E-state index in [1.165, 1.54) is 0 Å². The van der Waals surface area contributed by atoms with Crippen LogP contribution < -0.4 is 15.5 Å². The number of carbonyl (C=O) groups excluding carboxylic acids is 2. The molecule has 1 aliphatic rings. The minimum atomic E-state index is -0.754. The van der Waals surface area contributed by atoms with E-state index < -0.39 is 12.0 Å². The molecule has 206 valence electrons. The summed E-state index contributed by atoms with van der Waals surface area (Å²) in [6.07, 6.45) is 4.06. The van der Waals surface area contributed by atoms with Gasteiger partial charge >= 0.3 is 0 Å². The van der Waals surface area contributed by atoms with Crippen molar-refractivity contribution in [3.8, 4) is 16.9 Å². The van der Waals surface area contributed by atoms with E-state index in [1.54, 1.807) is 53.0 Å². The first-order valence-electron chi connectivity index (χ1n) is 12.6. The van der Waals surface area contributed by atoms with Crippen molar-refractivity contribution >= 4 is 34.9 Å². The van der Waals surface area contributed by atoms with Crippen LogP contribution >= 0.6 is 11.6 Å². The number of carbonyl (C=O) groups is 2. The number of hydrazine groups is 1. The van der Waals surface area contributed by atoms with Crippen LogP contribution in [0.2, 0.25) is 5.02 Å². The maximum atomic E-state index is 13.9. The normalized spacial score (nSPS) is 16.5. The lowest BCUT2D eigenvalue weighted by Crippen LogP contribution is -2.52. The molecule has 0 bridgehead atoms. The maximum absolute atomic E-state index is 13.9. The van der Waals surface area contributed by atoms with Crippen molar-refractivity contribution in [3.63, 3.8) is 0 Å². The number of amidine groups is 1. The van der Waals surface area contributed by atoms with E-state index in [-0.39, 0.29) is 24.9 Å². The fraction of sp³-hybridized carbons (Fsp3) is 0.357. The van der Waals surface area contributed by atoms with E-state index in [1.807, 2.05) is 51.6 Å². The summed E-state index contributed by atoms with van der Waals surface area (Å²) in [4.78, 5) is 33.5. The van der Waals surface area contributed by atoms with Gasteiger partial charge in [-0.25, -0.2) is 5.01 Å². The van der Waals surface area contributed by atoms with E-state index in [9.17, 15) is 9.59 Å². The summed E-state index contributed by atoms with van der Waals surface area (Å²) < 4.78 is 7.22. The highest BCUT2D eigenvalue weighted by Gasteiger charge is 2.35. The minimum Gasteiger partial charge on any atom is -0.496 e.